The molecule has 2 rings (SSSR count). The van der Waals surface area contributed by atoms with Crippen LogP contribution in [0.3, 0.4) is 0 Å². The van der Waals surface area contributed by atoms with Gasteiger partial charge in [0.2, 0.25) is 0 Å². The van der Waals surface area contributed by atoms with Gasteiger partial charge in [-0.1, -0.05) is 24.6 Å². The Morgan fingerprint density at radius 2 is 1.68 bits per heavy atom. The second kappa shape index (κ2) is 6.06. The molecule has 1 fully saturated rings. The van der Waals surface area contributed by atoms with E-state index in [9.17, 15) is 5.11 Å². The monoisotopic (exact) mass is 261 g/mol. The van der Waals surface area contributed by atoms with Crippen LogP contribution in [0.4, 0.5) is 0 Å². The number of piperidine rings is 1. The minimum absolute atomic E-state index is 0.353. The van der Waals surface area contributed by atoms with E-state index < -0.39 is 0 Å². The first-order valence-corrected chi connectivity index (χ1v) is 7.45. The van der Waals surface area contributed by atoms with Crippen LogP contribution in [0.15, 0.2) is 12.1 Å². The van der Waals surface area contributed by atoms with Gasteiger partial charge < -0.3 is 10.0 Å². The summed E-state index contributed by atoms with van der Waals surface area (Å²) in [4.78, 5) is 2.41. The predicted octanol–water partition coefficient (Wildman–Crippen LogP) is 3.38. The van der Waals surface area contributed by atoms with Gasteiger partial charge >= 0.3 is 0 Å². The molecule has 0 radical (unpaired) electrons. The lowest BCUT2D eigenvalue weighted by Crippen LogP contribution is -2.36. The summed E-state index contributed by atoms with van der Waals surface area (Å²) < 4.78 is 0. The lowest BCUT2D eigenvalue weighted by Gasteiger charge is -2.32. The molecule has 106 valence electrons. The van der Waals surface area contributed by atoms with Gasteiger partial charge in [0.05, 0.1) is 6.10 Å². The second-order valence-corrected chi connectivity index (χ2v) is 6.31. The summed E-state index contributed by atoms with van der Waals surface area (Å²) in [7, 11) is 0. The van der Waals surface area contributed by atoms with E-state index in [4.69, 9.17) is 0 Å². The summed E-state index contributed by atoms with van der Waals surface area (Å²) in [5.74, 6) is 0.844. The SMILES string of the molecule is Cc1cc(C)c(C(O)CN2CCC(C)CC2)c(C)c1. The van der Waals surface area contributed by atoms with Crippen LogP contribution in [-0.4, -0.2) is 29.6 Å². The molecule has 1 unspecified atom stereocenters. The van der Waals surface area contributed by atoms with E-state index in [-0.39, 0.29) is 6.10 Å². The van der Waals surface area contributed by atoms with Crippen molar-refractivity contribution in [3.63, 3.8) is 0 Å². The van der Waals surface area contributed by atoms with Crippen LogP contribution in [0.1, 0.15) is 48.1 Å². The molecule has 2 heteroatoms. The fourth-order valence-corrected chi connectivity index (χ4v) is 3.30. The van der Waals surface area contributed by atoms with Crippen molar-refractivity contribution < 1.29 is 5.11 Å². The van der Waals surface area contributed by atoms with Crippen molar-refractivity contribution in [3.05, 3.63) is 34.4 Å². The summed E-state index contributed by atoms with van der Waals surface area (Å²) >= 11 is 0. The Labute approximate surface area is 117 Å². The second-order valence-electron chi connectivity index (χ2n) is 6.31. The smallest absolute Gasteiger partial charge is 0.0922 e. The number of aliphatic hydroxyl groups is 1. The number of aryl methyl sites for hydroxylation is 3. The van der Waals surface area contributed by atoms with E-state index in [1.807, 2.05) is 0 Å². The molecule has 0 saturated carbocycles. The van der Waals surface area contributed by atoms with Crippen molar-refractivity contribution in [1.82, 2.24) is 4.90 Å². The van der Waals surface area contributed by atoms with Gasteiger partial charge in [0.25, 0.3) is 0 Å². The number of aliphatic hydroxyl groups excluding tert-OH is 1. The highest BCUT2D eigenvalue weighted by molar-refractivity contribution is 5.39. The predicted molar refractivity (Wildman–Crippen MR) is 80.5 cm³/mol. The lowest BCUT2D eigenvalue weighted by atomic mass is 9.94. The Morgan fingerprint density at radius 1 is 1.16 bits per heavy atom. The van der Waals surface area contributed by atoms with Gasteiger partial charge in [-0.2, -0.15) is 0 Å². The van der Waals surface area contributed by atoms with Crippen LogP contribution in [0.5, 0.6) is 0 Å². The fraction of sp³-hybridized carbons (Fsp3) is 0.647. The van der Waals surface area contributed by atoms with Gasteiger partial charge in [0.1, 0.15) is 0 Å². The van der Waals surface area contributed by atoms with Crippen molar-refractivity contribution in [1.29, 1.82) is 0 Å². The molecule has 1 heterocycles. The zero-order chi connectivity index (χ0) is 14.0. The first-order chi connectivity index (χ1) is 8.97. The van der Waals surface area contributed by atoms with E-state index in [0.717, 1.165) is 31.1 Å². The van der Waals surface area contributed by atoms with E-state index in [1.165, 1.54) is 29.5 Å². The van der Waals surface area contributed by atoms with Gasteiger partial charge in [0, 0.05) is 6.54 Å². The summed E-state index contributed by atoms with van der Waals surface area (Å²) in [5.41, 5.74) is 4.84. The first kappa shape index (κ1) is 14.5. The summed E-state index contributed by atoms with van der Waals surface area (Å²) in [5, 5.41) is 10.5. The molecule has 0 aliphatic carbocycles. The molecule has 0 spiro atoms. The molecule has 1 saturated heterocycles. The molecule has 1 aromatic rings. The van der Waals surface area contributed by atoms with E-state index >= 15 is 0 Å². The summed E-state index contributed by atoms with van der Waals surface area (Å²) in [6, 6.07) is 4.34. The van der Waals surface area contributed by atoms with Crippen molar-refractivity contribution in [3.8, 4) is 0 Å². The molecule has 1 aliphatic rings. The molecule has 2 nitrogen and oxygen atoms in total. The Morgan fingerprint density at radius 3 is 2.21 bits per heavy atom. The third-order valence-corrected chi connectivity index (χ3v) is 4.38. The van der Waals surface area contributed by atoms with E-state index in [0.29, 0.717) is 0 Å². The van der Waals surface area contributed by atoms with Gasteiger partial charge in [-0.05, 0) is 69.3 Å². The quantitative estimate of drug-likeness (QED) is 0.901. The van der Waals surface area contributed by atoms with Crippen molar-refractivity contribution in [2.75, 3.05) is 19.6 Å². The standard InChI is InChI=1S/C17H27NO/c1-12-5-7-18(8-6-12)11-16(19)17-14(3)9-13(2)10-15(17)4/h9-10,12,16,19H,5-8,11H2,1-4H3. The number of benzene rings is 1. The van der Waals surface area contributed by atoms with Crippen LogP contribution in [-0.2, 0) is 0 Å². The molecule has 1 N–H and O–H groups in total. The molecular weight excluding hydrogens is 234 g/mol. The third-order valence-electron chi connectivity index (χ3n) is 4.38. The molecule has 0 bridgehead atoms. The molecule has 0 amide bonds. The number of hydrogen-bond acceptors (Lipinski definition) is 2. The molecule has 0 aromatic heterocycles. The Balaban J connectivity index is 2.06. The average molecular weight is 261 g/mol. The minimum atomic E-state index is -0.353. The summed E-state index contributed by atoms with van der Waals surface area (Å²) in [6.07, 6.45) is 2.17. The molecule has 1 aliphatic heterocycles. The third kappa shape index (κ3) is 3.58. The summed E-state index contributed by atoms with van der Waals surface area (Å²) in [6.45, 7) is 11.7. The first-order valence-electron chi connectivity index (χ1n) is 7.45. The van der Waals surface area contributed by atoms with Crippen LogP contribution >= 0.6 is 0 Å². The van der Waals surface area contributed by atoms with Gasteiger partial charge in [-0.3, -0.25) is 0 Å². The van der Waals surface area contributed by atoms with Crippen LogP contribution in [0.25, 0.3) is 0 Å². The highest BCUT2D eigenvalue weighted by Crippen LogP contribution is 2.26. The van der Waals surface area contributed by atoms with Gasteiger partial charge in [-0.15, -0.1) is 0 Å². The topological polar surface area (TPSA) is 23.5 Å². The Hall–Kier alpha value is -0.860. The van der Waals surface area contributed by atoms with E-state index in [1.54, 1.807) is 0 Å². The molecule has 19 heavy (non-hydrogen) atoms. The number of β-amino-alcohol motifs (C(OH)–C–C–N with tert-alkyl or cyclic N) is 1. The maximum atomic E-state index is 10.5. The lowest BCUT2D eigenvalue weighted by molar-refractivity contribution is 0.0908. The highest BCUT2D eigenvalue weighted by atomic mass is 16.3. The zero-order valence-electron chi connectivity index (χ0n) is 12.7. The number of likely N-dealkylation sites (tertiary alicyclic amines) is 1. The van der Waals surface area contributed by atoms with Crippen molar-refractivity contribution in [2.24, 2.45) is 5.92 Å². The normalized spacial score (nSPS) is 19.6. The van der Waals surface area contributed by atoms with Crippen molar-refractivity contribution >= 4 is 0 Å². The number of hydrogen-bond donors (Lipinski definition) is 1. The molecule has 1 atom stereocenters. The van der Waals surface area contributed by atoms with Gasteiger partial charge in [0.15, 0.2) is 0 Å². The van der Waals surface area contributed by atoms with E-state index in [2.05, 4.69) is 44.7 Å². The zero-order valence-corrected chi connectivity index (χ0v) is 12.7. The average Bonchev–Trinajstić information content (AvgIpc) is 2.30. The van der Waals surface area contributed by atoms with Crippen LogP contribution in [0.2, 0.25) is 0 Å². The molecule has 1 aromatic carbocycles. The van der Waals surface area contributed by atoms with Crippen molar-refractivity contribution in [2.45, 2.75) is 46.6 Å². The number of rotatable bonds is 3. The minimum Gasteiger partial charge on any atom is -0.387 e. The Kier molecular flexibility index (Phi) is 4.64. The van der Waals surface area contributed by atoms with Crippen LogP contribution in [0, 0.1) is 26.7 Å². The maximum Gasteiger partial charge on any atom is 0.0922 e. The maximum absolute atomic E-state index is 10.5. The fourth-order valence-electron chi connectivity index (χ4n) is 3.30. The number of nitrogens with zero attached hydrogens (tertiary/aromatic N) is 1. The largest absolute Gasteiger partial charge is 0.387 e. The highest BCUT2D eigenvalue weighted by Gasteiger charge is 2.21. The Bertz CT molecular complexity index is 410. The van der Waals surface area contributed by atoms with Crippen LogP contribution < -0.4 is 0 Å². The van der Waals surface area contributed by atoms with Gasteiger partial charge in [-0.25, -0.2) is 0 Å². The molecular formula is C17H27NO.